The number of nitrogens with two attached hydrogens (primary N) is 1. The van der Waals surface area contributed by atoms with Crippen molar-refractivity contribution in [2.24, 2.45) is 5.73 Å². The molecule has 0 aliphatic rings. The smallest absolute Gasteiger partial charge is 0.258 e. The zero-order valence-electron chi connectivity index (χ0n) is 11.1. The summed E-state index contributed by atoms with van der Waals surface area (Å²) in [7, 11) is 1.55. The second-order valence-electron chi connectivity index (χ2n) is 4.74. The van der Waals surface area contributed by atoms with Crippen LogP contribution in [0.5, 0.6) is 0 Å². The zero-order chi connectivity index (χ0) is 14.0. The molecule has 0 bridgehead atoms. The van der Waals surface area contributed by atoms with Gasteiger partial charge in [-0.3, -0.25) is 0 Å². The van der Waals surface area contributed by atoms with E-state index < -0.39 is 5.54 Å². The van der Waals surface area contributed by atoms with Gasteiger partial charge in [0.1, 0.15) is 11.4 Å². The summed E-state index contributed by atoms with van der Waals surface area (Å²) in [6, 6.07) is 4.60. The van der Waals surface area contributed by atoms with Gasteiger partial charge in [0.05, 0.1) is 6.61 Å². The highest BCUT2D eigenvalue weighted by Crippen LogP contribution is 2.23. The molecule has 0 radical (unpaired) electrons. The first-order valence-corrected chi connectivity index (χ1v) is 5.82. The summed E-state index contributed by atoms with van der Waals surface area (Å²) < 4.78 is 23.4. The fourth-order valence-electron chi connectivity index (χ4n) is 1.71. The van der Waals surface area contributed by atoms with Gasteiger partial charge >= 0.3 is 0 Å². The fraction of sp³-hybridized carbons (Fsp3) is 0.385. The number of methoxy groups -OCH3 is 1. The van der Waals surface area contributed by atoms with Crippen LogP contribution in [0.3, 0.4) is 0 Å². The third-order valence-electron chi connectivity index (χ3n) is 2.79. The Bertz CT molecular complexity index is 581. The average molecular weight is 265 g/mol. The molecule has 1 aromatic heterocycles. The highest BCUT2D eigenvalue weighted by atomic mass is 19.1. The number of aromatic nitrogens is 2. The van der Waals surface area contributed by atoms with Gasteiger partial charge in [-0.05, 0) is 37.6 Å². The average Bonchev–Trinajstić information content (AvgIpc) is 2.83. The molecule has 5 nitrogen and oxygen atoms in total. The van der Waals surface area contributed by atoms with E-state index in [0.717, 1.165) is 0 Å². The SMILES string of the molecule is COCC(C)(N)c1noc(-c2ccc(F)c(C)c2)n1. The largest absolute Gasteiger partial charge is 0.382 e. The van der Waals surface area contributed by atoms with E-state index in [4.69, 9.17) is 15.0 Å². The van der Waals surface area contributed by atoms with Crippen molar-refractivity contribution in [3.63, 3.8) is 0 Å². The quantitative estimate of drug-likeness (QED) is 0.915. The molecule has 0 fully saturated rings. The van der Waals surface area contributed by atoms with Crippen LogP contribution in [0.25, 0.3) is 11.5 Å². The normalized spacial score (nSPS) is 14.4. The van der Waals surface area contributed by atoms with E-state index in [2.05, 4.69) is 10.1 Å². The summed E-state index contributed by atoms with van der Waals surface area (Å²) in [4.78, 5) is 4.24. The Morgan fingerprint density at radius 2 is 2.21 bits per heavy atom. The van der Waals surface area contributed by atoms with E-state index in [1.807, 2.05) is 0 Å². The van der Waals surface area contributed by atoms with Crippen LogP contribution in [-0.2, 0) is 10.3 Å². The summed E-state index contributed by atoms with van der Waals surface area (Å²) in [5.74, 6) is 0.392. The number of halogens is 1. The van der Waals surface area contributed by atoms with Crippen molar-refractivity contribution in [1.82, 2.24) is 10.1 Å². The Hall–Kier alpha value is -1.79. The number of benzene rings is 1. The number of nitrogens with zero attached hydrogens (tertiary/aromatic N) is 2. The summed E-state index contributed by atoms with van der Waals surface area (Å²) >= 11 is 0. The molecule has 0 amide bonds. The molecule has 1 unspecified atom stereocenters. The third kappa shape index (κ3) is 2.80. The van der Waals surface area contributed by atoms with Crippen LogP contribution in [0.1, 0.15) is 18.3 Å². The Kier molecular flexibility index (Phi) is 3.64. The lowest BCUT2D eigenvalue weighted by Gasteiger charge is -2.18. The summed E-state index contributed by atoms with van der Waals surface area (Å²) in [5.41, 5.74) is 6.37. The minimum atomic E-state index is -0.828. The Labute approximate surface area is 110 Å². The van der Waals surface area contributed by atoms with E-state index in [1.165, 1.54) is 6.07 Å². The molecule has 0 saturated carbocycles. The lowest BCUT2D eigenvalue weighted by atomic mass is 10.1. The number of ether oxygens (including phenoxy) is 1. The predicted octanol–water partition coefficient (Wildman–Crippen LogP) is 2.00. The van der Waals surface area contributed by atoms with Gasteiger partial charge in [0, 0.05) is 12.7 Å². The van der Waals surface area contributed by atoms with Crippen molar-refractivity contribution >= 4 is 0 Å². The van der Waals surface area contributed by atoms with Crippen molar-refractivity contribution in [2.75, 3.05) is 13.7 Å². The lowest BCUT2D eigenvalue weighted by molar-refractivity contribution is 0.135. The van der Waals surface area contributed by atoms with E-state index in [9.17, 15) is 4.39 Å². The Morgan fingerprint density at radius 3 is 2.84 bits per heavy atom. The van der Waals surface area contributed by atoms with Crippen LogP contribution in [0.15, 0.2) is 22.7 Å². The first kappa shape index (κ1) is 13.6. The van der Waals surface area contributed by atoms with Crippen LogP contribution in [0.4, 0.5) is 4.39 Å². The second kappa shape index (κ2) is 5.07. The fourth-order valence-corrected chi connectivity index (χ4v) is 1.71. The van der Waals surface area contributed by atoms with Crippen molar-refractivity contribution in [3.05, 3.63) is 35.4 Å². The molecule has 1 atom stereocenters. The third-order valence-corrected chi connectivity index (χ3v) is 2.79. The van der Waals surface area contributed by atoms with Gasteiger partial charge in [-0.25, -0.2) is 4.39 Å². The minimum absolute atomic E-state index is 0.272. The maximum atomic E-state index is 13.2. The van der Waals surface area contributed by atoms with E-state index >= 15 is 0 Å². The van der Waals surface area contributed by atoms with Gasteiger partial charge in [0.2, 0.25) is 0 Å². The van der Waals surface area contributed by atoms with Crippen molar-refractivity contribution in [1.29, 1.82) is 0 Å². The molecule has 102 valence electrons. The van der Waals surface area contributed by atoms with Gasteiger partial charge in [-0.2, -0.15) is 4.98 Å². The second-order valence-corrected chi connectivity index (χ2v) is 4.74. The van der Waals surface area contributed by atoms with Crippen LogP contribution in [-0.4, -0.2) is 23.9 Å². The van der Waals surface area contributed by atoms with Crippen LogP contribution in [0.2, 0.25) is 0 Å². The first-order chi connectivity index (χ1) is 8.94. The number of aryl methyl sites for hydroxylation is 1. The lowest BCUT2D eigenvalue weighted by Crippen LogP contribution is -2.38. The number of rotatable bonds is 4. The maximum absolute atomic E-state index is 13.2. The minimum Gasteiger partial charge on any atom is -0.382 e. The van der Waals surface area contributed by atoms with Gasteiger partial charge in [-0.1, -0.05) is 5.16 Å². The maximum Gasteiger partial charge on any atom is 0.258 e. The molecule has 19 heavy (non-hydrogen) atoms. The van der Waals surface area contributed by atoms with E-state index in [1.54, 1.807) is 33.1 Å². The van der Waals surface area contributed by atoms with Crippen molar-refractivity contribution < 1.29 is 13.7 Å². The molecule has 2 aromatic rings. The van der Waals surface area contributed by atoms with Gasteiger partial charge < -0.3 is 15.0 Å². The topological polar surface area (TPSA) is 74.2 Å². The molecular formula is C13H16FN3O2. The van der Waals surface area contributed by atoms with Crippen molar-refractivity contribution in [2.45, 2.75) is 19.4 Å². The predicted molar refractivity (Wildman–Crippen MR) is 67.8 cm³/mol. The highest BCUT2D eigenvalue weighted by Gasteiger charge is 2.27. The standard InChI is InChI=1S/C13H16FN3O2/c1-8-6-9(4-5-10(8)14)11-16-12(17-19-11)13(2,15)7-18-3/h4-6H,7,15H2,1-3H3. The molecular weight excluding hydrogens is 249 g/mol. The highest BCUT2D eigenvalue weighted by molar-refractivity contribution is 5.54. The van der Waals surface area contributed by atoms with Crippen LogP contribution < -0.4 is 5.73 Å². The van der Waals surface area contributed by atoms with E-state index in [0.29, 0.717) is 22.8 Å². The monoisotopic (exact) mass is 265 g/mol. The molecule has 0 spiro atoms. The molecule has 6 heteroatoms. The van der Waals surface area contributed by atoms with Crippen LogP contribution in [0, 0.1) is 12.7 Å². The number of hydrogen-bond donors (Lipinski definition) is 1. The summed E-state index contributed by atoms with van der Waals surface area (Å²) in [6.45, 7) is 3.70. The molecule has 0 aliphatic heterocycles. The molecule has 2 rings (SSSR count). The summed E-state index contributed by atoms with van der Waals surface area (Å²) in [6.07, 6.45) is 0. The van der Waals surface area contributed by atoms with Gasteiger partial charge in [0.15, 0.2) is 5.82 Å². The first-order valence-electron chi connectivity index (χ1n) is 5.82. The zero-order valence-corrected chi connectivity index (χ0v) is 11.1. The van der Waals surface area contributed by atoms with Crippen LogP contribution >= 0.6 is 0 Å². The van der Waals surface area contributed by atoms with Crippen molar-refractivity contribution in [3.8, 4) is 11.5 Å². The van der Waals surface area contributed by atoms with Gasteiger partial charge in [-0.15, -0.1) is 0 Å². The number of hydrogen-bond acceptors (Lipinski definition) is 5. The van der Waals surface area contributed by atoms with E-state index in [-0.39, 0.29) is 12.4 Å². The molecule has 1 heterocycles. The molecule has 2 N–H and O–H groups in total. The van der Waals surface area contributed by atoms with Gasteiger partial charge in [0.25, 0.3) is 5.89 Å². The Balaban J connectivity index is 2.33. The molecule has 1 aromatic carbocycles. The Morgan fingerprint density at radius 1 is 1.47 bits per heavy atom. The molecule has 0 aliphatic carbocycles. The summed E-state index contributed by atoms with van der Waals surface area (Å²) in [5, 5.41) is 3.85. The molecule has 0 saturated heterocycles.